The second-order valence-corrected chi connectivity index (χ2v) is 4.88. The number of hydrogen-bond acceptors (Lipinski definition) is 1. The molecule has 17 heavy (non-hydrogen) atoms. The van der Waals surface area contributed by atoms with Gasteiger partial charge < -0.3 is 5.11 Å². The van der Waals surface area contributed by atoms with E-state index < -0.39 is 24.1 Å². The number of aliphatic hydroxyl groups excluding tert-OH is 1. The first kappa shape index (κ1) is 14.6. The van der Waals surface area contributed by atoms with Crippen LogP contribution in [0.25, 0.3) is 0 Å². The molecule has 0 amide bonds. The Balaban J connectivity index is 2.54. The predicted molar refractivity (Wildman–Crippen MR) is 61.6 cm³/mol. The van der Waals surface area contributed by atoms with Gasteiger partial charge in [-0.15, -0.1) is 6.58 Å². The first-order chi connectivity index (χ1) is 7.96. The molecule has 1 fully saturated rings. The van der Waals surface area contributed by atoms with Crippen molar-refractivity contribution in [3.8, 4) is 0 Å². The molecule has 1 aliphatic rings. The molecule has 3 unspecified atom stereocenters. The van der Waals surface area contributed by atoms with Crippen molar-refractivity contribution in [3.63, 3.8) is 0 Å². The number of rotatable bonds is 5. The Morgan fingerprint density at radius 3 is 2.53 bits per heavy atom. The molecule has 1 rings (SSSR count). The van der Waals surface area contributed by atoms with Crippen LogP contribution in [0.1, 0.15) is 44.9 Å². The van der Waals surface area contributed by atoms with E-state index >= 15 is 0 Å². The normalized spacial score (nSPS) is 27.8. The van der Waals surface area contributed by atoms with Gasteiger partial charge >= 0.3 is 6.18 Å². The molecule has 4 heteroatoms. The topological polar surface area (TPSA) is 20.2 Å². The Morgan fingerprint density at radius 1 is 1.29 bits per heavy atom. The maximum absolute atomic E-state index is 12.8. The first-order valence-corrected chi connectivity index (χ1v) is 6.32. The number of alkyl halides is 3. The molecule has 0 aromatic carbocycles. The maximum Gasteiger partial charge on any atom is 0.392 e. The number of halogens is 3. The second-order valence-electron chi connectivity index (χ2n) is 4.88. The standard InChI is InChI=1S/C13H21F3O/c1-2-3-4-9-12(17)10-7-5-6-8-11(10)13(14,15)16/h2,10-12,17H,1,3-9H2. The van der Waals surface area contributed by atoms with Crippen LogP contribution >= 0.6 is 0 Å². The molecule has 0 aromatic heterocycles. The van der Waals surface area contributed by atoms with Crippen molar-refractivity contribution in [1.29, 1.82) is 0 Å². The van der Waals surface area contributed by atoms with Crippen molar-refractivity contribution in [2.24, 2.45) is 11.8 Å². The predicted octanol–water partition coefficient (Wildman–Crippen LogP) is 4.07. The highest BCUT2D eigenvalue weighted by Gasteiger charge is 2.47. The van der Waals surface area contributed by atoms with E-state index in [-0.39, 0.29) is 6.42 Å². The van der Waals surface area contributed by atoms with E-state index in [0.717, 1.165) is 12.8 Å². The number of unbranched alkanes of at least 4 members (excludes halogenated alkanes) is 1. The van der Waals surface area contributed by atoms with Gasteiger partial charge in [0.2, 0.25) is 0 Å². The van der Waals surface area contributed by atoms with Gasteiger partial charge in [-0.25, -0.2) is 0 Å². The van der Waals surface area contributed by atoms with Crippen molar-refractivity contribution >= 4 is 0 Å². The van der Waals surface area contributed by atoms with Crippen LogP contribution in [-0.4, -0.2) is 17.4 Å². The highest BCUT2D eigenvalue weighted by Crippen LogP contribution is 2.43. The molecule has 0 heterocycles. The third-order valence-electron chi connectivity index (χ3n) is 3.64. The summed E-state index contributed by atoms with van der Waals surface area (Å²) in [6, 6.07) is 0. The summed E-state index contributed by atoms with van der Waals surface area (Å²) in [5.74, 6) is -1.91. The van der Waals surface area contributed by atoms with Crippen LogP contribution in [0.2, 0.25) is 0 Å². The summed E-state index contributed by atoms with van der Waals surface area (Å²) in [4.78, 5) is 0. The summed E-state index contributed by atoms with van der Waals surface area (Å²) in [5, 5.41) is 9.90. The van der Waals surface area contributed by atoms with E-state index in [0.29, 0.717) is 25.7 Å². The Kier molecular flexibility index (Phi) is 5.50. The van der Waals surface area contributed by atoms with E-state index in [1.807, 2.05) is 0 Å². The van der Waals surface area contributed by atoms with Gasteiger partial charge in [0.15, 0.2) is 0 Å². The molecule has 0 bridgehead atoms. The van der Waals surface area contributed by atoms with E-state index in [9.17, 15) is 18.3 Å². The lowest BCUT2D eigenvalue weighted by atomic mass is 9.75. The molecule has 1 aliphatic carbocycles. The molecule has 1 N–H and O–H groups in total. The lowest BCUT2D eigenvalue weighted by molar-refractivity contribution is -0.207. The zero-order valence-electron chi connectivity index (χ0n) is 10.0. The summed E-state index contributed by atoms with van der Waals surface area (Å²) in [7, 11) is 0. The van der Waals surface area contributed by atoms with Crippen molar-refractivity contribution in [3.05, 3.63) is 12.7 Å². The van der Waals surface area contributed by atoms with Gasteiger partial charge in [0, 0.05) is 0 Å². The highest BCUT2D eigenvalue weighted by atomic mass is 19.4. The summed E-state index contributed by atoms with van der Waals surface area (Å²) in [6.07, 6.45) is 0.762. The molecular formula is C13H21F3O. The summed E-state index contributed by atoms with van der Waals surface area (Å²) in [6.45, 7) is 3.56. The van der Waals surface area contributed by atoms with Crippen LogP contribution in [0.4, 0.5) is 13.2 Å². The van der Waals surface area contributed by atoms with Gasteiger partial charge in [-0.3, -0.25) is 0 Å². The Morgan fingerprint density at radius 2 is 1.94 bits per heavy atom. The van der Waals surface area contributed by atoms with Gasteiger partial charge in [0.1, 0.15) is 0 Å². The van der Waals surface area contributed by atoms with Gasteiger partial charge in [-0.2, -0.15) is 13.2 Å². The van der Waals surface area contributed by atoms with Crippen LogP contribution in [0, 0.1) is 11.8 Å². The van der Waals surface area contributed by atoms with E-state index in [1.54, 1.807) is 6.08 Å². The monoisotopic (exact) mass is 250 g/mol. The minimum Gasteiger partial charge on any atom is -0.393 e. The Hall–Kier alpha value is -0.510. The molecule has 1 nitrogen and oxygen atoms in total. The van der Waals surface area contributed by atoms with Gasteiger partial charge in [0.25, 0.3) is 0 Å². The molecule has 100 valence electrons. The number of allylic oxidation sites excluding steroid dienone is 1. The van der Waals surface area contributed by atoms with Crippen LogP contribution in [0.3, 0.4) is 0 Å². The molecular weight excluding hydrogens is 229 g/mol. The molecule has 3 atom stereocenters. The summed E-state index contributed by atoms with van der Waals surface area (Å²) in [5.41, 5.74) is 0. The average molecular weight is 250 g/mol. The SMILES string of the molecule is C=CCCCC(O)C1CCCCC1C(F)(F)F. The van der Waals surface area contributed by atoms with E-state index in [4.69, 9.17) is 0 Å². The third-order valence-corrected chi connectivity index (χ3v) is 3.64. The van der Waals surface area contributed by atoms with Gasteiger partial charge in [-0.05, 0) is 38.0 Å². The Labute approximate surface area is 101 Å². The Bertz CT molecular complexity index is 237. The summed E-state index contributed by atoms with van der Waals surface area (Å²) >= 11 is 0. The zero-order valence-corrected chi connectivity index (χ0v) is 10.0. The molecule has 0 saturated heterocycles. The first-order valence-electron chi connectivity index (χ1n) is 6.32. The average Bonchev–Trinajstić information content (AvgIpc) is 2.28. The number of aliphatic hydroxyl groups is 1. The summed E-state index contributed by atoms with van der Waals surface area (Å²) < 4.78 is 38.4. The second kappa shape index (κ2) is 6.43. The highest BCUT2D eigenvalue weighted by molar-refractivity contribution is 4.85. The molecule has 0 aromatic rings. The van der Waals surface area contributed by atoms with Crippen molar-refractivity contribution in [1.82, 2.24) is 0 Å². The largest absolute Gasteiger partial charge is 0.393 e. The van der Waals surface area contributed by atoms with Gasteiger partial charge in [0.05, 0.1) is 12.0 Å². The molecule has 0 aliphatic heterocycles. The molecule has 0 radical (unpaired) electrons. The minimum atomic E-state index is -4.16. The lowest BCUT2D eigenvalue weighted by Crippen LogP contribution is -2.39. The number of hydrogen-bond donors (Lipinski definition) is 1. The van der Waals surface area contributed by atoms with Crippen LogP contribution in [0.5, 0.6) is 0 Å². The smallest absolute Gasteiger partial charge is 0.392 e. The van der Waals surface area contributed by atoms with Gasteiger partial charge in [-0.1, -0.05) is 18.9 Å². The maximum atomic E-state index is 12.8. The van der Waals surface area contributed by atoms with Crippen LogP contribution in [-0.2, 0) is 0 Å². The lowest BCUT2D eigenvalue weighted by Gasteiger charge is -2.36. The molecule has 0 spiro atoms. The van der Waals surface area contributed by atoms with Crippen molar-refractivity contribution < 1.29 is 18.3 Å². The quantitative estimate of drug-likeness (QED) is 0.576. The fourth-order valence-electron chi connectivity index (χ4n) is 2.71. The fourth-order valence-corrected chi connectivity index (χ4v) is 2.71. The van der Waals surface area contributed by atoms with Crippen molar-refractivity contribution in [2.45, 2.75) is 57.2 Å². The van der Waals surface area contributed by atoms with E-state index in [1.165, 1.54) is 0 Å². The molecule has 1 saturated carbocycles. The minimum absolute atomic E-state index is 0.173. The van der Waals surface area contributed by atoms with E-state index in [2.05, 4.69) is 6.58 Å². The zero-order chi connectivity index (χ0) is 12.9. The van der Waals surface area contributed by atoms with Crippen LogP contribution in [0.15, 0.2) is 12.7 Å². The third kappa shape index (κ3) is 4.34. The fraction of sp³-hybridized carbons (Fsp3) is 0.846. The van der Waals surface area contributed by atoms with Crippen molar-refractivity contribution in [2.75, 3.05) is 0 Å². The van der Waals surface area contributed by atoms with Crippen LogP contribution < -0.4 is 0 Å².